The average molecular weight is 398 g/mol. The SMILES string of the molecule is CC(C)CC(C(=O)NCCOc1cccc(F)c1)N1C(=O)c2ccccc2C1=O. The number of imide groups is 1. The number of ether oxygens (including phenoxy) is 1. The highest BCUT2D eigenvalue weighted by atomic mass is 19.1. The van der Waals surface area contributed by atoms with E-state index in [1.165, 1.54) is 18.2 Å². The van der Waals surface area contributed by atoms with Crippen LogP contribution < -0.4 is 10.1 Å². The van der Waals surface area contributed by atoms with Crippen molar-refractivity contribution in [1.29, 1.82) is 0 Å². The minimum absolute atomic E-state index is 0.0959. The van der Waals surface area contributed by atoms with Crippen molar-refractivity contribution in [2.75, 3.05) is 13.2 Å². The first kappa shape index (κ1) is 20.5. The van der Waals surface area contributed by atoms with E-state index in [-0.39, 0.29) is 19.1 Å². The predicted molar refractivity (Wildman–Crippen MR) is 105 cm³/mol. The van der Waals surface area contributed by atoms with Gasteiger partial charge in [-0.1, -0.05) is 32.0 Å². The van der Waals surface area contributed by atoms with E-state index in [0.29, 0.717) is 23.3 Å². The standard InChI is InChI=1S/C22H23FN2O4/c1-14(2)12-19(25-21(27)17-8-3-4-9-18(17)22(25)28)20(26)24-10-11-29-16-7-5-6-15(23)13-16/h3-9,13-14,19H,10-12H2,1-2H3,(H,24,26). The van der Waals surface area contributed by atoms with Crippen LogP contribution in [0.4, 0.5) is 4.39 Å². The molecule has 0 fully saturated rings. The molecule has 3 amide bonds. The van der Waals surface area contributed by atoms with Crippen LogP contribution in [0.25, 0.3) is 0 Å². The van der Waals surface area contributed by atoms with Crippen molar-refractivity contribution in [1.82, 2.24) is 10.2 Å². The lowest BCUT2D eigenvalue weighted by atomic mass is 10.0. The Hall–Kier alpha value is -3.22. The number of nitrogens with one attached hydrogen (secondary N) is 1. The number of rotatable bonds is 8. The number of carbonyl (C=O) groups excluding carboxylic acids is 3. The summed E-state index contributed by atoms with van der Waals surface area (Å²) >= 11 is 0. The molecule has 29 heavy (non-hydrogen) atoms. The Morgan fingerprint density at radius 2 is 1.72 bits per heavy atom. The number of nitrogens with zero attached hydrogens (tertiary/aromatic N) is 1. The summed E-state index contributed by atoms with van der Waals surface area (Å²) in [6.45, 7) is 4.13. The van der Waals surface area contributed by atoms with Gasteiger partial charge in [0.15, 0.2) is 0 Å². The van der Waals surface area contributed by atoms with Gasteiger partial charge in [-0.3, -0.25) is 19.3 Å². The van der Waals surface area contributed by atoms with Gasteiger partial charge in [0.1, 0.15) is 24.2 Å². The van der Waals surface area contributed by atoms with Crippen LogP contribution in [-0.2, 0) is 4.79 Å². The number of carbonyl (C=O) groups is 3. The summed E-state index contributed by atoms with van der Waals surface area (Å²) in [4.78, 5) is 39.3. The molecule has 0 aliphatic carbocycles. The fourth-order valence-electron chi connectivity index (χ4n) is 3.28. The molecule has 152 valence electrons. The van der Waals surface area contributed by atoms with Crippen molar-refractivity contribution in [3.63, 3.8) is 0 Å². The van der Waals surface area contributed by atoms with E-state index >= 15 is 0 Å². The summed E-state index contributed by atoms with van der Waals surface area (Å²) < 4.78 is 18.6. The zero-order chi connectivity index (χ0) is 21.0. The molecule has 6 nitrogen and oxygen atoms in total. The van der Waals surface area contributed by atoms with Crippen LogP contribution in [0.5, 0.6) is 5.75 Å². The second-order valence-electron chi connectivity index (χ2n) is 7.27. The van der Waals surface area contributed by atoms with Gasteiger partial charge in [0.05, 0.1) is 17.7 Å². The summed E-state index contributed by atoms with van der Waals surface area (Å²) in [5.41, 5.74) is 0.627. The van der Waals surface area contributed by atoms with Crippen molar-refractivity contribution < 1.29 is 23.5 Å². The van der Waals surface area contributed by atoms with Crippen LogP contribution in [0.3, 0.4) is 0 Å². The Kier molecular flexibility index (Phi) is 6.26. The predicted octanol–water partition coefficient (Wildman–Crippen LogP) is 3.03. The van der Waals surface area contributed by atoms with E-state index in [9.17, 15) is 18.8 Å². The molecule has 1 atom stereocenters. The highest BCUT2D eigenvalue weighted by molar-refractivity contribution is 6.22. The lowest BCUT2D eigenvalue weighted by molar-refractivity contribution is -0.125. The molecule has 0 aromatic heterocycles. The maximum atomic E-state index is 13.2. The lowest BCUT2D eigenvalue weighted by Gasteiger charge is -2.26. The number of halogens is 1. The Balaban J connectivity index is 1.65. The van der Waals surface area contributed by atoms with Gasteiger partial charge in [-0.25, -0.2) is 4.39 Å². The quantitative estimate of drug-likeness (QED) is 0.548. The Labute approximate surface area is 168 Å². The Morgan fingerprint density at radius 3 is 2.31 bits per heavy atom. The first-order valence-electron chi connectivity index (χ1n) is 9.51. The number of fused-ring (bicyclic) bond motifs is 1. The van der Waals surface area contributed by atoms with Crippen LogP contribution in [0.2, 0.25) is 0 Å². The summed E-state index contributed by atoms with van der Waals surface area (Å²) in [5.74, 6) is -1.29. The van der Waals surface area contributed by atoms with Crippen molar-refractivity contribution in [2.24, 2.45) is 5.92 Å². The first-order valence-corrected chi connectivity index (χ1v) is 9.51. The molecule has 2 aromatic rings. The molecule has 0 saturated carbocycles. The maximum Gasteiger partial charge on any atom is 0.262 e. The van der Waals surface area contributed by atoms with Crippen molar-refractivity contribution in [2.45, 2.75) is 26.3 Å². The summed E-state index contributed by atoms with van der Waals surface area (Å²) in [5, 5.41) is 2.71. The van der Waals surface area contributed by atoms with Crippen molar-refractivity contribution in [3.05, 3.63) is 65.5 Å². The zero-order valence-electron chi connectivity index (χ0n) is 16.4. The fraction of sp³-hybridized carbons (Fsp3) is 0.318. The van der Waals surface area contributed by atoms with Gasteiger partial charge in [-0.2, -0.15) is 0 Å². The van der Waals surface area contributed by atoms with Gasteiger partial charge in [0.25, 0.3) is 11.8 Å². The molecule has 0 bridgehead atoms. The highest BCUT2D eigenvalue weighted by Crippen LogP contribution is 2.27. The van der Waals surface area contributed by atoms with Crippen LogP contribution >= 0.6 is 0 Å². The molecular weight excluding hydrogens is 375 g/mol. The van der Waals surface area contributed by atoms with Crippen LogP contribution in [0.15, 0.2) is 48.5 Å². The third-order valence-corrected chi connectivity index (χ3v) is 4.60. The molecule has 0 radical (unpaired) electrons. The molecule has 1 aliphatic rings. The van der Waals surface area contributed by atoms with Gasteiger partial charge in [-0.15, -0.1) is 0 Å². The van der Waals surface area contributed by atoms with E-state index < -0.39 is 29.6 Å². The highest BCUT2D eigenvalue weighted by Gasteiger charge is 2.42. The van der Waals surface area contributed by atoms with Gasteiger partial charge in [0, 0.05) is 6.07 Å². The first-order chi connectivity index (χ1) is 13.9. The molecule has 1 N–H and O–H groups in total. The lowest BCUT2D eigenvalue weighted by Crippen LogP contribution is -2.50. The van der Waals surface area contributed by atoms with E-state index in [1.807, 2.05) is 13.8 Å². The van der Waals surface area contributed by atoms with E-state index in [4.69, 9.17) is 4.74 Å². The zero-order valence-corrected chi connectivity index (χ0v) is 16.4. The maximum absolute atomic E-state index is 13.2. The van der Waals surface area contributed by atoms with Crippen LogP contribution in [0, 0.1) is 11.7 Å². The molecular formula is C22H23FN2O4. The molecule has 2 aromatic carbocycles. The van der Waals surface area contributed by atoms with Gasteiger partial charge in [-0.05, 0) is 36.6 Å². The number of amides is 3. The summed E-state index contributed by atoms with van der Waals surface area (Å²) in [6, 6.07) is 11.4. The monoisotopic (exact) mass is 398 g/mol. The van der Waals surface area contributed by atoms with E-state index in [1.54, 1.807) is 30.3 Å². The second kappa shape index (κ2) is 8.86. The normalized spacial score (nSPS) is 14.1. The van der Waals surface area contributed by atoms with Crippen molar-refractivity contribution in [3.8, 4) is 5.75 Å². The molecule has 1 aliphatic heterocycles. The number of benzene rings is 2. The van der Waals surface area contributed by atoms with Crippen LogP contribution in [0.1, 0.15) is 41.0 Å². The average Bonchev–Trinajstić information content (AvgIpc) is 2.94. The topological polar surface area (TPSA) is 75.7 Å². The molecule has 1 unspecified atom stereocenters. The van der Waals surface area contributed by atoms with Crippen molar-refractivity contribution >= 4 is 17.7 Å². The van der Waals surface area contributed by atoms with Gasteiger partial charge in [0.2, 0.25) is 5.91 Å². The minimum atomic E-state index is -0.906. The summed E-state index contributed by atoms with van der Waals surface area (Å²) in [7, 11) is 0. The fourth-order valence-corrected chi connectivity index (χ4v) is 3.28. The Bertz CT molecular complexity index is 894. The van der Waals surface area contributed by atoms with Gasteiger partial charge >= 0.3 is 0 Å². The second-order valence-corrected chi connectivity index (χ2v) is 7.27. The van der Waals surface area contributed by atoms with E-state index in [2.05, 4.69) is 5.32 Å². The largest absolute Gasteiger partial charge is 0.492 e. The minimum Gasteiger partial charge on any atom is -0.492 e. The molecule has 0 spiro atoms. The smallest absolute Gasteiger partial charge is 0.262 e. The third kappa shape index (κ3) is 4.62. The van der Waals surface area contributed by atoms with Crippen LogP contribution in [-0.4, -0.2) is 41.8 Å². The third-order valence-electron chi connectivity index (χ3n) is 4.60. The molecule has 3 rings (SSSR count). The molecule has 7 heteroatoms. The molecule has 1 heterocycles. The molecule has 0 saturated heterocycles. The Morgan fingerprint density at radius 1 is 1.07 bits per heavy atom. The van der Waals surface area contributed by atoms with E-state index in [0.717, 1.165) is 4.90 Å². The number of hydrogen-bond acceptors (Lipinski definition) is 4. The van der Waals surface area contributed by atoms with Gasteiger partial charge < -0.3 is 10.1 Å². The summed E-state index contributed by atoms with van der Waals surface area (Å²) in [6.07, 6.45) is 0.349. The number of hydrogen-bond donors (Lipinski definition) is 1.